The van der Waals surface area contributed by atoms with Crippen LogP contribution in [0.15, 0.2) is 34.9 Å². The van der Waals surface area contributed by atoms with Gasteiger partial charge in [0.2, 0.25) is 4.67 Å². The van der Waals surface area contributed by atoms with Gasteiger partial charge < -0.3 is 14.0 Å². The topological polar surface area (TPSA) is 107 Å². The lowest BCUT2D eigenvalue weighted by Gasteiger charge is -2.25. The van der Waals surface area contributed by atoms with E-state index in [2.05, 4.69) is 32.9 Å². The normalized spacial score (nSPS) is 17.8. The molecule has 9 heteroatoms. The molecular weight excluding hydrogens is 499 g/mol. The van der Waals surface area contributed by atoms with Crippen molar-refractivity contribution in [3.05, 3.63) is 34.9 Å². The summed E-state index contributed by atoms with van der Waals surface area (Å²) in [7, 11) is -6.77. The van der Waals surface area contributed by atoms with Crippen LogP contribution in [0.25, 0.3) is 0 Å². The van der Waals surface area contributed by atoms with Gasteiger partial charge in [-0.25, -0.2) is 0 Å². The number of rotatable bonds is 17. The molecule has 0 amide bonds. The third-order valence-electron chi connectivity index (χ3n) is 6.66. The van der Waals surface area contributed by atoms with Crippen molar-refractivity contribution in [2.75, 3.05) is 6.79 Å². The summed E-state index contributed by atoms with van der Waals surface area (Å²) >= 11 is 0. The fourth-order valence-electron chi connectivity index (χ4n) is 4.35. The Morgan fingerprint density at radius 1 is 0.972 bits per heavy atom. The molecule has 7 nitrogen and oxygen atoms in total. The lowest BCUT2D eigenvalue weighted by molar-refractivity contribution is -0.161. The molecule has 1 N–H and O–H groups in total. The van der Waals surface area contributed by atoms with Crippen molar-refractivity contribution in [2.45, 2.75) is 116 Å². The van der Waals surface area contributed by atoms with E-state index in [-0.39, 0.29) is 18.8 Å². The Hall–Kier alpha value is -1.21. The Kier molecular flexibility index (Phi) is 15.8. The summed E-state index contributed by atoms with van der Waals surface area (Å²) in [5.41, 5.74) is 3.89. The molecule has 36 heavy (non-hydrogen) atoms. The maximum Gasteiger partial charge on any atom is 0.308 e. The molecule has 0 radical (unpaired) electrons. The van der Waals surface area contributed by atoms with E-state index in [9.17, 15) is 22.3 Å². The van der Waals surface area contributed by atoms with Gasteiger partial charge in [-0.3, -0.25) is 9.35 Å². The van der Waals surface area contributed by atoms with Crippen LogP contribution in [-0.2, 0) is 29.0 Å². The average Bonchev–Trinajstić information content (AvgIpc) is 2.80. The van der Waals surface area contributed by atoms with Gasteiger partial charge in [-0.1, -0.05) is 54.2 Å². The van der Waals surface area contributed by atoms with Crippen LogP contribution in [0.3, 0.4) is 0 Å². The molecule has 0 spiro atoms. The summed E-state index contributed by atoms with van der Waals surface area (Å²) in [6.07, 6.45) is 16.9. The largest absolute Gasteiger partial charge is 0.438 e. The molecule has 0 aromatic heterocycles. The van der Waals surface area contributed by atoms with Crippen molar-refractivity contribution in [3.8, 4) is 0 Å². The minimum atomic E-state index is -4.76. The Morgan fingerprint density at radius 2 is 1.56 bits per heavy atom. The van der Waals surface area contributed by atoms with Crippen LogP contribution in [0, 0.1) is 5.92 Å². The SMILES string of the molecule is CC(C)=CCCC(C)=CCCC(C)=CCCCC(OCOC(=O)CC1CCCCC1)([PH2]=O)S(=O)(=O)O. The zero-order valence-corrected chi connectivity index (χ0v) is 24.6. The van der Waals surface area contributed by atoms with Crippen LogP contribution in [0.4, 0.5) is 0 Å². The van der Waals surface area contributed by atoms with Crippen molar-refractivity contribution in [2.24, 2.45) is 5.92 Å². The van der Waals surface area contributed by atoms with E-state index in [4.69, 9.17) is 9.47 Å². The molecule has 0 saturated heterocycles. The van der Waals surface area contributed by atoms with Crippen LogP contribution in [-0.4, -0.2) is 30.4 Å². The zero-order chi connectivity index (χ0) is 27.0. The van der Waals surface area contributed by atoms with E-state index in [1.807, 2.05) is 13.0 Å². The molecule has 208 valence electrons. The molecule has 1 rings (SSSR count). The lowest BCUT2D eigenvalue weighted by atomic mass is 9.87. The molecule has 2 unspecified atom stereocenters. The highest BCUT2D eigenvalue weighted by Crippen LogP contribution is 2.36. The third kappa shape index (κ3) is 13.4. The van der Waals surface area contributed by atoms with Crippen LogP contribution in [0.1, 0.15) is 111 Å². The summed E-state index contributed by atoms with van der Waals surface area (Å²) in [5, 5.41) is 0. The molecule has 0 heterocycles. The number of ether oxygens (including phenoxy) is 2. The minimum absolute atomic E-state index is 0.141. The highest BCUT2D eigenvalue weighted by atomic mass is 32.2. The first kappa shape index (κ1) is 32.8. The molecule has 0 aromatic carbocycles. The first-order valence-electron chi connectivity index (χ1n) is 13.2. The van der Waals surface area contributed by atoms with Crippen molar-refractivity contribution in [1.29, 1.82) is 0 Å². The Bertz CT molecular complexity index is 882. The Labute approximate surface area is 219 Å². The quantitative estimate of drug-likeness (QED) is 0.0507. The standard InChI is InChI=1S/C27H47O7PS/c1-22(2)12-10-14-24(4)16-11-15-23(3)13-8-9-19-27(35-29,36(30,31)32)34-21-33-26(28)20-25-17-6-5-7-18-25/h12-13,16,25H,5-11,14-15,17-21,35H2,1-4H3,(H,30,31,32). The molecule has 0 bridgehead atoms. The van der Waals surface area contributed by atoms with E-state index < -0.39 is 36.0 Å². The highest BCUT2D eigenvalue weighted by molar-refractivity contribution is 7.91. The van der Waals surface area contributed by atoms with Gasteiger partial charge in [0.05, 0.1) is 0 Å². The van der Waals surface area contributed by atoms with Gasteiger partial charge in [0.1, 0.15) is 8.46 Å². The van der Waals surface area contributed by atoms with Gasteiger partial charge >= 0.3 is 16.1 Å². The van der Waals surface area contributed by atoms with E-state index in [1.165, 1.54) is 23.1 Å². The molecule has 1 fully saturated rings. The molecule has 0 aliphatic heterocycles. The smallest absolute Gasteiger partial charge is 0.308 e. The first-order chi connectivity index (χ1) is 17.0. The third-order valence-corrected chi connectivity index (χ3v) is 9.86. The second-order valence-corrected chi connectivity index (χ2v) is 13.5. The van der Waals surface area contributed by atoms with Crippen molar-refractivity contribution in [1.82, 2.24) is 0 Å². The van der Waals surface area contributed by atoms with Crippen LogP contribution in [0.5, 0.6) is 0 Å². The lowest BCUT2D eigenvalue weighted by Crippen LogP contribution is -2.36. The van der Waals surface area contributed by atoms with Gasteiger partial charge in [0.15, 0.2) is 6.79 Å². The zero-order valence-electron chi connectivity index (χ0n) is 22.6. The van der Waals surface area contributed by atoms with Crippen LogP contribution < -0.4 is 0 Å². The minimum Gasteiger partial charge on any atom is -0.438 e. The average molecular weight is 547 g/mol. The Morgan fingerprint density at radius 3 is 2.11 bits per heavy atom. The maximum atomic E-state index is 12.1. The van der Waals surface area contributed by atoms with Gasteiger partial charge in [-0.05, 0) is 85.0 Å². The number of hydrogen-bond acceptors (Lipinski definition) is 6. The predicted molar refractivity (Wildman–Crippen MR) is 147 cm³/mol. The summed E-state index contributed by atoms with van der Waals surface area (Å²) in [6.45, 7) is 7.74. The first-order valence-corrected chi connectivity index (χ1v) is 15.7. The molecular formula is C27H47O7PS. The van der Waals surface area contributed by atoms with E-state index in [1.54, 1.807) is 0 Å². The summed E-state index contributed by atoms with van der Waals surface area (Å²) in [5.74, 6) is -0.188. The maximum absolute atomic E-state index is 12.1. The molecule has 2 atom stereocenters. The van der Waals surface area contributed by atoms with Gasteiger partial charge in [0, 0.05) is 12.8 Å². The second kappa shape index (κ2) is 17.3. The number of carbonyl (C=O) groups is 1. The number of esters is 1. The number of hydrogen-bond donors (Lipinski definition) is 1. The van der Waals surface area contributed by atoms with Gasteiger partial charge in [-0.2, -0.15) is 8.42 Å². The van der Waals surface area contributed by atoms with Crippen molar-refractivity contribution >= 4 is 24.5 Å². The number of carbonyl (C=O) groups excluding carboxylic acids is 1. The van der Waals surface area contributed by atoms with Crippen molar-refractivity contribution < 1.29 is 31.8 Å². The molecule has 1 aliphatic carbocycles. The Balaban J connectivity index is 2.49. The fraction of sp³-hybridized carbons (Fsp3) is 0.741. The second-order valence-electron chi connectivity index (χ2n) is 10.2. The highest BCUT2D eigenvalue weighted by Gasteiger charge is 2.43. The van der Waals surface area contributed by atoms with E-state index in [0.717, 1.165) is 51.4 Å². The van der Waals surface area contributed by atoms with Gasteiger partial charge in [-0.15, -0.1) is 0 Å². The fourth-order valence-corrected chi connectivity index (χ4v) is 5.89. The van der Waals surface area contributed by atoms with Crippen molar-refractivity contribution in [3.63, 3.8) is 0 Å². The number of unbranched alkanes of at least 4 members (excludes halogenated alkanes) is 1. The summed E-state index contributed by atoms with van der Waals surface area (Å²) < 4.78 is 53.7. The summed E-state index contributed by atoms with van der Waals surface area (Å²) in [4.78, 5) is 12.1. The molecule has 0 aromatic rings. The van der Waals surface area contributed by atoms with Crippen LogP contribution in [0.2, 0.25) is 0 Å². The monoisotopic (exact) mass is 546 g/mol. The number of allylic oxidation sites excluding steroid dienone is 6. The molecule has 1 saturated carbocycles. The van der Waals surface area contributed by atoms with Gasteiger partial charge in [0.25, 0.3) is 0 Å². The van der Waals surface area contributed by atoms with E-state index >= 15 is 0 Å². The van der Waals surface area contributed by atoms with E-state index in [0.29, 0.717) is 12.8 Å². The predicted octanol–water partition coefficient (Wildman–Crippen LogP) is 7.36. The van der Waals surface area contributed by atoms with Crippen LogP contribution >= 0.6 is 8.46 Å². The molecule has 1 aliphatic rings. The summed E-state index contributed by atoms with van der Waals surface area (Å²) in [6, 6.07) is 0.